The minimum Gasteiger partial charge on any atom is -0.481 e. The van der Waals surface area contributed by atoms with Crippen molar-refractivity contribution in [2.24, 2.45) is 0 Å². The molecule has 136 valence electrons. The Morgan fingerprint density at radius 2 is 1.88 bits per heavy atom. The standard InChI is InChI=1S/C20H21FN2O3/c1-2-18(26-17-11-5-14(21)6-12-17)20(25)22-15-7-9-16(10-8-15)23-13-3-4-19(23)24/h5-12,18H,2-4,13H2,1H3,(H,22,25). The van der Waals surface area contributed by atoms with Gasteiger partial charge in [0.05, 0.1) is 0 Å². The smallest absolute Gasteiger partial charge is 0.265 e. The topological polar surface area (TPSA) is 58.6 Å². The van der Waals surface area contributed by atoms with Crippen LogP contribution in [-0.2, 0) is 9.59 Å². The molecule has 26 heavy (non-hydrogen) atoms. The molecule has 1 atom stereocenters. The van der Waals surface area contributed by atoms with E-state index in [4.69, 9.17) is 4.74 Å². The van der Waals surface area contributed by atoms with Crippen molar-refractivity contribution in [2.75, 3.05) is 16.8 Å². The second-order valence-corrected chi connectivity index (χ2v) is 6.15. The molecule has 0 bridgehead atoms. The predicted octanol–water partition coefficient (Wildman–Crippen LogP) is 3.75. The molecule has 5 nitrogen and oxygen atoms in total. The zero-order valence-electron chi connectivity index (χ0n) is 14.6. The molecule has 1 aliphatic rings. The van der Waals surface area contributed by atoms with E-state index >= 15 is 0 Å². The number of hydrogen-bond donors (Lipinski definition) is 1. The van der Waals surface area contributed by atoms with Gasteiger partial charge in [-0.3, -0.25) is 9.59 Å². The van der Waals surface area contributed by atoms with Gasteiger partial charge < -0.3 is 15.0 Å². The van der Waals surface area contributed by atoms with Crippen molar-refractivity contribution < 1.29 is 18.7 Å². The average molecular weight is 356 g/mol. The van der Waals surface area contributed by atoms with Crippen LogP contribution in [0.15, 0.2) is 48.5 Å². The summed E-state index contributed by atoms with van der Waals surface area (Å²) < 4.78 is 18.6. The Balaban J connectivity index is 1.62. The monoisotopic (exact) mass is 356 g/mol. The number of anilines is 2. The van der Waals surface area contributed by atoms with E-state index < -0.39 is 6.10 Å². The van der Waals surface area contributed by atoms with Gasteiger partial charge in [-0.25, -0.2) is 4.39 Å². The van der Waals surface area contributed by atoms with Crippen LogP contribution in [0.1, 0.15) is 26.2 Å². The molecule has 2 amide bonds. The van der Waals surface area contributed by atoms with Gasteiger partial charge in [0, 0.05) is 24.3 Å². The number of amides is 2. The summed E-state index contributed by atoms with van der Waals surface area (Å²) in [6.45, 7) is 2.57. The Morgan fingerprint density at radius 3 is 2.46 bits per heavy atom. The number of carbonyl (C=O) groups is 2. The number of nitrogens with one attached hydrogen (secondary N) is 1. The molecule has 6 heteroatoms. The van der Waals surface area contributed by atoms with Gasteiger partial charge in [-0.15, -0.1) is 0 Å². The van der Waals surface area contributed by atoms with Gasteiger partial charge in [-0.05, 0) is 61.4 Å². The van der Waals surface area contributed by atoms with Gasteiger partial charge in [0.15, 0.2) is 6.10 Å². The summed E-state index contributed by atoms with van der Waals surface area (Å²) in [4.78, 5) is 26.0. The minimum atomic E-state index is -0.680. The molecular formula is C20H21FN2O3. The quantitative estimate of drug-likeness (QED) is 0.858. The first-order valence-corrected chi connectivity index (χ1v) is 8.70. The SMILES string of the molecule is CCC(Oc1ccc(F)cc1)C(=O)Nc1ccc(N2CCCC2=O)cc1. The first kappa shape index (κ1) is 17.9. The summed E-state index contributed by atoms with van der Waals surface area (Å²) in [7, 11) is 0. The van der Waals surface area contributed by atoms with Crippen LogP contribution in [0.25, 0.3) is 0 Å². The zero-order chi connectivity index (χ0) is 18.5. The normalized spacial score (nSPS) is 15.0. The fraction of sp³-hybridized carbons (Fsp3) is 0.300. The van der Waals surface area contributed by atoms with Gasteiger partial charge in [-0.1, -0.05) is 6.92 Å². The van der Waals surface area contributed by atoms with E-state index in [1.807, 2.05) is 19.1 Å². The molecule has 0 aliphatic carbocycles. The number of rotatable bonds is 6. The number of ether oxygens (including phenoxy) is 1. The van der Waals surface area contributed by atoms with Crippen LogP contribution in [0.5, 0.6) is 5.75 Å². The lowest BCUT2D eigenvalue weighted by Crippen LogP contribution is -2.32. The lowest BCUT2D eigenvalue weighted by Gasteiger charge is -2.18. The van der Waals surface area contributed by atoms with Gasteiger partial charge in [-0.2, -0.15) is 0 Å². The number of hydrogen-bond acceptors (Lipinski definition) is 3. The second kappa shape index (κ2) is 7.99. The predicted molar refractivity (Wildman–Crippen MR) is 97.8 cm³/mol. The minimum absolute atomic E-state index is 0.125. The van der Waals surface area contributed by atoms with Gasteiger partial charge in [0.2, 0.25) is 5.91 Å². The summed E-state index contributed by atoms with van der Waals surface area (Å²) in [6.07, 6.45) is 1.25. The van der Waals surface area contributed by atoms with E-state index in [1.54, 1.807) is 17.0 Å². The maximum atomic E-state index is 13.0. The number of benzene rings is 2. The molecule has 2 aromatic carbocycles. The molecule has 1 heterocycles. The van der Waals surface area contributed by atoms with E-state index in [0.29, 0.717) is 24.3 Å². The molecule has 1 unspecified atom stereocenters. The van der Waals surface area contributed by atoms with Crippen LogP contribution < -0.4 is 15.0 Å². The molecule has 0 spiro atoms. The van der Waals surface area contributed by atoms with Gasteiger partial charge >= 0.3 is 0 Å². The van der Waals surface area contributed by atoms with Crippen LogP contribution in [0.3, 0.4) is 0 Å². The zero-order valence-corrected chi connectivity index (χ0v) is 14.6. The summed E-state index contributed by atoms with van der Waals surface area (Å²) in [5.74, 6) is -0.0647. The fourth-order valence-electron chi connectivity index (χ4n) is 2.87. The van der Waals surface area contributed by atoms with E-state index in [2.05, 4.69) is 5.32 Å². The third-order valence-electron chi connectivity index (χ3n) is 4.28. The van der Waals surface area contributed by atoms with Crippen LogP contribution in [-0.4, -0.2) is 24.5 Å². The lowest BCUT2D eigenvalue weighted by atomic mass is 10.2. The van der Waals surface area contributed by atoms with E-state index in [1.165, 1.54) is 24.3 Å². The Morgan fingerprint density at radius 1 is 1.19 bits per heavy atom. The molecule has 2 aromatic rings. The molecule has 3 rings (SSSR count). The van der Waals surface area contributed by atoms with Crippen LogP contribution >= 0.6 is 0 Å². The van der Waals surface area contributed by atoms with Crippen molar-refractivity contribution in [3.05, 3.63) is 54.3 Å². The number of nitrogens with zero attached hydrogens (tertiary/aromatic N) is 1. The third kappa shape index (κ3) is 4.20. The first-order valence-electron chi connectivity index (χ1n) is 8.70. The van der Waals surface area contributed by atoms with Crippen molar-refractivity contribution in [1.29, 1.82) is 0 Å². The van der Waals surface area contributed by atoms with E-state index in [0.717, 1.165) is 18.7 Å². The van der Waals surface area contributed by atoms with Crippen molar-refractivity contribution in [3.63, 3.8) is 0 Å². The van der Waals surface area contributed by atoms with E-state index in [-0.39, 0.29) is 17.6 Å². The van der Waals surface area contributed by atoms with Gasteiger partial charge in [0.25, 0.3) is 5.91 Å². The lowest BCUT2D eigenvalue weighted by molar-refractivity contribution is -0.122. The van der Waals surface area contributed by atoms with Gasteiger partial charge in [0.1, 0.15) is 11.6 Å². The summed E-state index contributed by atoms with van der Waals surface area (Å²) in [5, 5.41) is 2.81. The summed E-state index contributed by atoms with van der Waals surface area (Å²) in [6, 6.07) is 12.7. The highest BCUT2D eigenvalue weighted by atomic mass is 19.1. The van der Waals surface area contributed by atoms with Crippen LogP contribution in [0, 0.1) is 5.82 Å². The number of carbonyl (C=O) groups excluding carboxylic acids is 2. The Labute approximate surface area is 151 Å². The van der Waals surface area contributed by atoms with Crippen LogP contribution in [0.2, 0.25) is 0 Å². The van der Waals surface area contributed by atoms with Crippen molar-refractivity contribution in [2.45, 2.75) is 32.3 Å². The molecule has 1 N–H and O–H groups in total. The first-order chi connectivity index (χ1) is 12.6. The highest BCUT2D eigenvalue weighted by Crippen LogP contribution is 2.23. The Kier molecular flexibility index (Phi) is 5.51. The maximum Gasteiger partial charge on any atom is 0.265 e. The largest absolute Gasteiger partial charge is 0.481 e. The highest BCUT2D eigenvalue weighted by molar-refractivity contribution is 5.97. The average Bonchev–Trinajstić information content (AvgIpc) is 3.07. The highest BCUT2D eigenvalue weighted by Gasteiger charge is 2.22. The Hall–Kier alpha value is -2.89. The molecule has 1 aliphatic heterocycles. The summed E-state index contributed by atoms with van der Waals surface area (Å²) in [5.41, 5.74) is 1.46. The molecule has 0 aromatic heterocycles. The molecule has 1 saturated heterocycles. The van der Waals surface area contributed by atoms with E-state index in [9.17, 15) is 14.0 Å². The summed E-state index contributed by atoms with van der Waals surface area (Å²) >= 11 is 0. The molecule has 0 radical (unpaired) electrons. The van der Waals surface area contributed by atoms with Crippen LogP contribution in [0.4, 0.5) is 15.8 Å². The van der Waals surface area contributed by atoms with Crippen molar-refractivity contribution >= 4 is 23.2 Å². The third-order valence-corrected chi connectivity index (χ3v) is 4.28. The maximum absolute atomic E-state index is 13.0. The van der Waals surface area contributed by atoms with Crippen molar-refractivity contribution in [1.82, 2.24) is 0 Å². The van der Waals surface area contributed by atoms with Crippen molar-refractivity contribution in [3.8, 4) is 5.75 Å². The molecular weight excluding hydrogens is 335 g/mol. The molecule has 0 saturated carbocycles. The second-order valence-electron chi connectivity index (χ2n) is 6.15. The fourth-order valence-corrected chi connectivity index (χ4v) is 2.87. The Bertz CT molecular complexity index is 775. The number of halogens is 1. The molecule has 1 fully saturated rings.